The number of carbonyl (C=O) groups is 1. The van der Waals surface area contributed by atoms with Gasteiger partial charge in [0.15, 0.2) is 6.29 Å². The Kier molecular flexibility index (Phi) is 45.7. The number of aliphatic hydroxyl groups excluding tert-OH is 7. The summed E-state index contributed by atoms with van der Waals surface area (Å²) in [5.74, 6) is -0.700. The third-order valence-corrected chi connectivity index (χ3v) is 14.6. The summed E-state index contributed by atoms with van der Waals surface area (Å²) in [6, 6.07) is -1.18. The molecule has 1 aliphatic heterocycles. The van der Waals surface area contributed by atoms with E-state index in [4.69, 9.17) is 9.47 Å². The number of carbonyl (C=O) groups excluding carboxylic acids is 1. The minimum Gasteiger partial charge on any atom is -0.394 e. The molecule has 0 bridgehead atoms. The van der Waals surface area contributed by atoms with Crippen LogP contribution in [0.5, 0.6) is 0 Å². The van der Waals surface area contributed by atoms with Crippen molar-refractivity contribution in [3.05, 3.63) is 12.2 Å². The summed E-state index contributed by atoms with van der Waals surface area (Å²) in [4.78, 5) is 13.2. The van der Waals surface area contributed by atoms with Gasteiger partial charge in [-0.3, -0.25) is 4.79 Å². The van der Waals surface area contributed by atoms with Crippen molar-refractivity contribution in [3.8, 4) is 0 Å². The maximum Gasteiger partial charge on any atom is 0.249 e. The van der Waals surface area contributed by atoms with Crippen LogP contribution in [-0.4, -0.2) is 110 Å². The van der Waals surface area contributed by atoms with Crippen LogP contribution in [0, 0.1) is 0 Å². The Labute approximate surface area is 423 Å². The van der Waals surface area contributed by atoms with Crippen LogP contribution in [0.3, 0.4) is 0 Å². The van der Waals surface area contributed by atoms with Gasteiger partial charge in [0, 0.05) is 0 Å². The van der Waals surface area contributed by atoms with Crippen molar-refractivity contribution in [3.63, 3.8) is 0 Å². The first-order valence-electron chi connectivity index (χ1n) is 29.6. The number of unbranched alkanes of at least 4 members (excludes halogenated alkanes) is 37. The highest BCUT2D eigenvalue weighted by Crippen LogP contribution is 2.23. The quantitative estimate of drug-likeness (QED) is 0.0215. The predicted octanol–water partition coefficient (Wildman–Crippen LogP) is 12.4. The summed E-state index contributed by atoms with van der Waals surface area (Å²) in [6.07, 6.45) is 44.1. The predicted molar refractivity (Wildman–Crippen MR) is 284 cm³/mol. The van der Waals surface area contributed by atoms with E-state index in [0.29, 0.717) is 12.8 Å². The molecule has 1 rings (SSSR count). The van der Waals surface area contributed by atoms with Crippen LogP contribution < -0.4 is 5.32 Å². The molecule has 0 aliphatic carbocycles. The monoisotopic (exact) mass is 984 g/mol. The van der Waals surface area contributed by atoms with Gasteiger partial charge >= 0.3 is 0 Å². The van der Waals surface area contributed by atoms with E-state index in [9.17, 15) is 40.5 Å². The van der Waals surface area contributed by atoms with Gasteiger partial charge in [-0.25, -0.2) is 0 Å². The number of allylic oxidation sites excluding steroid dienone is 2. The molecule has 0 radical (unpaired) electrons. The van der Waals surface area contributed by atoms with E-state index >= 15 is 0 Å². The standard InChI is InChI=1S/C58H113NO10/c1-3-5-7-9-11-13-15-17-19-21-23-24-25-26-28-29-31-33-35-37-39-41-43-45-50(61)53(63)49(48-68-58-56(66)55(65)54(64)52(47-60)69-58)59-57(67)51(62)46-44-42-40-38-36-34-32-30-27-22-20-18-16-14-12-10-8-6-4-2/h37,39,49-56,58,60-66H,3-36,38,40-48H2,1-2H3,(H,59,67)/b39-37+. The van der Waals surface area contributed by atoms with E-state index in [1.54, 1.807) is 0 Å². The fraction of sp³-hybridized carbons (Fsp3) is 0.948. The zero-order valence-corrected chi connectivity index (χ0v) is 44.8. The number of rotatable bonds is 51. The number of nitrogens with one attached hydrogen (secondary N) is 1. The molecule has 0 spiro atoms. The van der Waals surface area contributed by atoms with E-state index < -0.39 is 74.2 Å². The molecule has 9 atom stereocenters. The van der Waals surface area contributed by atoms with E-state index in [1.807, 2.05) is 0 Å². The molecule has 0 aromatic carbocycles. The van der Waals surface area contributed by atoms with E-state index in [2.05, 4.69) is 31.3 Å². The van der Waals surface area contributed by atoms with Crippen LogP contribution in [0.4, 0.5) is 0 Å². The lowest BCUT2D eigenvalue weighted by atomic mass is 9.98. The van der Waals surface area contributed by atoms with E-state index in [0.717, 1.165) is 38.5 Å². The number of ether oxygens (including phenoxy) is 2. The van der Waals surface area contributed by atoms with Crippen molar-refractivity contribution < 1.29 is 50.0 Å². The van der Waals surface area contributed by atoms with E-state index in [-0.39, 0.29) is 12.8 Å². The van der Waals surface area contributed by atoms with Gasteiger partial charge in [0.2, 0.25) is 5.91 Å². The zero-order valence-electron chi connectivity index (χ0n) is 44.8. The SMILES string of the molecule is CCCCCCCCCCCCCCCCCCCC/C=C/CCCC(O)C(O)C(COC1OC(CO)C(O)C(O)C1O)NC(=O)C(O)CCCCCCCCCCCCCCCCCCCCC. The Hall–Kier alpha value is -1.15. The van der Waals surface area contributed by atoms with Crippen molar-refractivity contribution in [2.75, 3.05) is 13.2 Å². The molecule has 8 N–H and O–H groups in total. The van der Waals surface area contributed by atoms with Crippen LogP contribution in [0.15, 0.2) is 12.2 Å². The molecule has 1 saturated heterocycles. The molecule has 0 aromatic heterocycles. The molecule has 410 valence electrons. The van der Waals surface area contributed by atoms with Gasteiger partial charge in [0.1, 0.15) is 36.6 Å². The van der Waals surface area contributed by atoms with Gasteiger partial charge in [-0.15, -0.1) is 0 Å². The maximum atomic E-state index is 13.2. The van der Waals surface area contributed by atoms with Crippen molar-refractivity contribution in [1.29, 1.82) is 0 Å². The van der Waals surface area contributed by atoms with Gasteiger partial charge < -0.3 is 50.5 Å². The fourth-order valence-electron chi connectivity index (χ4n) is 9.74. The molecule has 1 fully saturated rings. The molecule has 11 nitrogen and oxygen atoms in total. The lowest BCUT2D eigenvalue weighted by molar-refractivity contribution is -0.303. The molecular formula is C58H113NO10. The molecule has 1 aliphatic rings. The van der Waals surface area contributed by atoms with Crippen molar-refractivity contribution >= 4 is 5.91 Å². The van der Waals surface area contributed by atoms with Gasteiger partial charge in [0.05, 0.1) is 25.4 Å². The second kappa shape index (κ2) is 47.8. The third-order valence-electron chi connectivity index (χ3n) is 14.6. The maximum absolute atomic E-state index is 13.2. The van der Waals surface area contributed by atoms with Crippen LogP contribution in [-0.2, 0) is 14.3 Å². The molecule has 1 heterocycles. The van der Waals surface area contributed by atoms with Crippen LogP contribution in [0.25, 0.3) is 0 Å². The normalized spacial score (nSPS) is 20.4. The smallest absolute Gasteiger partial charge is 0.249 e. The lowest BCUT2D eigenvalue weighted by Gasteiger charge is -2.40. The molecular weight excluding hydrogens is 871 g/mol. The van der Waals surface area contributed by atoms with Crippen molar-refractivity contribution in [2.45, 2.75) is 339 Å². The molecule has 1 amide bonds. The second-order valence-corrected chi connectivity index (χ2v) is 21.1. The second-order valence-electron chi connectivity index (χ2n) is 21.1. The van der Waals surface area contributed by atoms with Crippen LogP contribution in [0.1, 0.15) is 284 Å². The summed E-state index contributed by atoms with van der Waals surface area (Å²) in [6.45, 7) is 3.48. The summed E-state index contributed by atoms with van der Waals surface area (Å²) in [7, 11) is 0. The number of aliphatic hydroxyl groups is 7. The highest BCUT2D eigenvalue weighted by molar-refractivity contribution is 5.80. The highest BCUT2D eigenvalue weighted by Gasteiger charge is 2.44. The first-order chi connectivity index (χ1) is 33.7. The van der Waals surface area contributed by atoms with Gasteiger partial charge in [-0.1, -0.05) is 257 Å². The fourth-order valence-corrected chi connectivity index (χ4v) is 9.74. The Morgan fingerprint density at radius 1 is 0.493 bits per heavy atom. The van der Waals surface area contributed by atoms with Gasteiger partial charge in [-0.2, -0.15) is 0 Å². The Morgan fingerprint density at radius 2 is 0.855 bits per heavy atom. The Bertz CT molecular complexity index is 1130. The minimum absolute atomic E-state index is 0.259. The third kappa shape index (κ3) is 36.4. The average Bonchev–Trinajstić information content (AvgIpc) is 3.35. The molecule has 69 heavy (non-hydrogen) atoms. The molecule has 11 heteroatoms. The first-order valence-corrected chi connectivity index (χ1v) is 29.6. The minimum atomic E-state index is -1.66. The highest BCUT2D eigenvalue weighted by atomic mass is 16.7. The van der Waals surface area contributed by atoms with Gasteiger partial charge in [-0.05, 0) is 38.5 Å². The number of hydrogen-bond acceptors (Lipinski definition) is 10. The van der Waals surface area contributed by atoms with Crippen molar-refractivity contribution in [1.82, 2.24) is 5.32 Å². The topological polar surface area (TPSA) is 189 Å². The van der Waals surface area contributed by atoms with E-state index in [1.165, 1.54) is 205 Å². The first kappa shape index (κ1) is 65.9. The summed E-state index contributed by atoms with van der Waals surface area (Å²) < 4.78 is 11.1. The molecule has 0 saturated carbocycles. The van der Waals surface area contributed by atoms with Gasteiger partial charge in [0.25, 0.3) is 0 Å². The average molecular weight is 985 g/mol. The summed E-state index contributed by atoms with van der Waals surface area (Å²) in [5.41, 5.74) is 0. The molecule has 9 unspecified atom stereocenters. The molecule has 0 aromatic rings. The van der Waals surface area contributed by atoms with Crippen LogP contribution >= 0.6 is 0 Å². The number of amides is 1. The summed E-state index contributed by atoms with van der Waals surface area (Å²) >= 11 is 0. The Balaban J connectivity index is 2.32. The lowest BCUT2D eigenvalue weighted by Crippen LogP contribution is -2.60. The van der Waals surface area contributed by atoms with Crippen LogP contribution in [0.2, 0.25) is 0 Å². The zero-order chi connectivity index (χ0) is 50.4. The largest absolute Gasteiger partial charge is 0.394 e. The Morgan fingerprint density at radius 3 is 1.25 bits per heavy atom. The number of hydrogen-bond donors (Lipinski definition) is 8. The van der Waals surface area contributed by atoms with Crippen molar-refractivity contribution in [2.24, 2.45) is 0 Å². The summed E-state index contributed by atoms with van der Waals surface area (Å²) in [5, 5.41) is 76.1.